The molecule has 2 aromatic rings. The highest BCUT2D eigenvalue weighted by atomic mass is 14.9. The van der Waals surface area contributed by atoms with Gasteiger partial charge in [-0.15, -0.1) is 0 Å². The molecular weight excluding hydrogens is 148 g/mol. The average molecular weight is 160 g/mol. The van der Waals surface area contributed by atoms with E-state index in [0.717, 1.165) is 5.69 Å². The van der Waals surface area contributed by atoms with Crippen LogP contribution in [0.1, 0.15) is 5.56 Å². The molecule has 1 aromatic heterocycles. The van der Waals surface area contributed by atoms with Crippen LogP contribution >= 0.6 is 0 Å². The molecule has 1 aromatic carbocycles. The standard InChI is InChI=1S/C10H12N2/c1-7-4-3-5-8-9(11-2)6-12-10(7)8/h3-6,11-12H,1-2H3. The van der Waals surface area contributed by atoms with E-state index in [4.69, 9.17) is 0 Å². The van der Waals surface area contributed by atoms with Crippen LogP contribution in [0.5, 0.6) is 0 Å². The number of rotatable bonds is 1. The van der Waals surface area contributed by atoms with Crippen LogP contribution in [0.25, 0.3) is 10.9 Å². The van der Waals surface area contributed by atoms with Crippen LogP contribution in [-0.4, -0.2) is 12.0 Å². The van der Waals surface area contributed by atoms with Gasteiger partial charge < -0.3 is 10.3 Å². The molecule has 62 valence electrons. The summed E-state index contributed by atoms with van der Waals surface area (Å²) in [6.45, 7) is 2.11. The first-order valence-corrected chi connectivity index (χ1v) is 4.07. The van der Waals surface area contributed by atoms with Crippen molar-refractivity contribution in [3.05, 3.63) is 30.0 Å². The SMILES string of the molecule is CNc1c[nH]c2c(C)cccc12. The summed E-state index contributed by atoms with van der Waals surface area (Å²) in [5, 5.41) is 4.41. The van der Waals surface area contributed by atoms with Crippen LogP contribution in [0.15, 0.2) is 24.4 Å². The molecule has 2 nitrogen and oxygen atoms in total. The number of H-pyrrole nitrogens is 1. The predicted octanol–water partition coefficient (Wildman–Crippen LogP) is 2.52. The Morgan fingerprint density at radius 2 is 2.17 bits per heavy atom. The molecule has 0 bridgehead atoms. The third kappa shape index (κ3) is 0.881. The Kier molecular flexibility index (Phi) is 1.54. The second kappa shape index (κ2) is 2.55. The average Bonchev–Trinajstić information content (AvgIpc) is 2.49. The summed E-state index contributed by atoms with van der Waals surface area (Å²) in [6.07, 6.45) is 2.00. The van der Waals surface area contributed by atoms with Crippen LogP contribution in [0.2, 0.25) is 0 Å². The molecule has 2 rings (SSSR count). The fourth-order valence-corrected chi connectivity index (χ4v) is 1.51. The maximum absolute atomic E-state index is 3.24. The van der Waals surface area contributed by atoms with Crippen molar-refractivity contribution < 1.29 is 0 Å². The maximum Gasteiger partial charge on any atom is 0.0595 e. The summed E-state index contributed by atoms with van der Waals surface area (Å²) in [5.41, 5.74) is 3.67. The minimum atomic E-state index is 1.16. The highest BCUT2D eigenvalue weighted by Crippen LogP contribution is 2.24. The Morgan fingerprint density at radius 3 is 2.92 bits per heavy atom. The summed E-state index contributed by atoms with van der Waals surface area (Å²) in [6, 6.07) is 6.30. The lowest BCUT2D eigenvalue weighted by Gasteiger charge is -1.97. The van der Waals surface area contributed by atoms with E-state index in [0.29, 0.717) is 0 Å². The number of hydrogen-bond donors (Lipinski definition) is 2. The molecule has 0 fully saturated rings. The number of nitrogens with one attached hydrogen (secondary N) is 2. The van der Waals surface area contributed by atoms with Gasteiger partial charge in [0.15, 0.2) is 0 Å². The number of benzene rings is 1. The number of anilines is 1. The van der Waals surface area contributed by atoms with Crippen LogP contribution in [0.3, 0.4) is 0 Å². The van der Waals surface area contributed by atoms with E-state index < -0.39 is 0 Å². The van der Waals surface area contributed by atoms with Gasteiger partial charge in [-0.1, -0.05) is 18.2 Å². The number of fused-ring (bicyclic) bond motifs is 1. The molecule has 0 aliphatic heterocycles. The van der Waals surface area contributed by atoms with E-state index >= 15 is 0 Å². The second-order valence-electron chi connectivity index (χ2n) is 2.95. The molecule has 12 heavy (non-hydrogen) atoms. The van der Waals surface area contributed by atoms with Gasteiger partial charge in [-0.3, -0.25) is 0 Å². The second-order valence-corrected chi connectivity index (χ2v) is 2.95. The number of aryl methyl sites for hydroxylation is 1. The van der Waals surface area contributed by atoms with E-state index in [2.05, 4.69) is 35.4 Å². The Labute approximate surface area is 71.6 Å². The monoisotopic (exact) mass is 160 g/mol. The van der Waals surface area contributed by atoms with Crippen molar-refractivity contribution in [2.75, 3.05) is 12.4 Å². The van der Waals surface area contributed by atoms with Crippen LogP contribution in [0, 0.1) is 6.92 Å². The van der Waals surface area contributed by atoms with Crippen LogP contribution in [0.4, 0.5) is 5.69 Å². The van der Waals surface area contributed by atoms with E-state index in [-0.39, 0.29) is 0 Å². The molecule has 0 aliphatic rings. The van der Waals surface area contributed by atoms with Gasteiger partial charge >= 0.3 is 0 Å². The Hall–Kier alpha value is -1.44. The molecule has 0 saturated heterocycles. The normalized spacial score (nSPS) is 10.5. The van der Waals surface area contributed by atoms with Gasteiger partial charge in [0.25, 0.3) is 0 Å². The minimum Gasteiger partial charge on any atom is -0.386 e. The fourth-order valence-electron chi connectivity index (χ4n) is 1.51. The summed E-state index contributed by atoms with van der Waals surface area (Å²) in [7, 11) is 1.94. The van der Waals surface area contributed by atoms with Crippen LogP contribution in [-0.2, 0) is 0 Å². The van der Waals surface area contributed by atoms with Crippen molar-refractivity contribution in [3.63, 3.8) is 0 Å². The Morgan fingerprint density at radius 1 is 1.33 bits per heavy atom. The molecule has 0 aliphatic carbocycles. The maximum atomic E-state index is 3.24. The van der Waals surface area contributed by atoms with E-state index in [1.54, 1.807) is 0 Å². The number of para-hydroxylation sites is 1. The molecule has 0 unspecified atom stereocenters. The predicted molar refractivity (Wildman–Crippen MR) is 52.6 cm³/mol. The lowest BCUT2D eigenvalue weighted by atomic mass is 10.1. The van der Waals surface area contributed by atoms with Gasteiger partial charge in [0, 0.05) is 18.6 Å². The van der Waals surface area contributed by atoms with Crippen molar-refractivity contribution in [2.45, 2.75) is 6.92 Å². The van der Waals surface area contributed by atoms with E-state index in [1.165, 1.54) is 16.5 Å². The molecule has 0 saturated carbocycles. The number of aromatic nitrogens is 1. The van der Waals surface area contributed by atoms with Gasteiger partial charge in [0.2, 0.25) is 0 Å². The number of hydrogen-bond acceptors (Lipinski definition) is 1. The zero-order valence-electron chi connectivity index (χ0n) is 7.31. The van der Waals surface area contributed by atoms with Crippen molar-refractivity contribution in [1.82, 2.24) is 4.98 Å². The van der Waals surface area contributed by atoms with Crippen molar-refractivity contribution >= 4 is 16.6 Å². The van der Waals surface area contributed by atoms with E-state index in [9.17, 15) is 0 Å². The highest BCUT2D eigenvalue weighted by Gasteiger charge is 2.01. The smallest absolute Gasteiger partial charge is 0.0595 e. The Bertz CT molecular complexity index is 401. The first-order valence-electron chi connectivity index (χ1n) is 4.07. The lowest BCUT2D eigenvalue weighted by Crippen LogP contribution is -1.84. The third-order valence-electron chi connectivity index (χ3n) is 2.19. The van der Waals surface area contributed by atoms with Gasteiger partial charge in [-0.25, -0.2) is 0 Å². The molecular formula is C10H12N2. The molecule has 1 heterocycles. The third-order valence-corrected chi connectivity index (χ3v) is 2.19. The topological polar surface area (TPSA) is 27.8 Å². The molecule has 0 atom stereocenters. The molecule has 0 radical (unpaired) electrons. The first kappa shape index (κ1) is 7.22. The summed E-state index contributed by atoms with van der Waals surface area (Å²) in [4.78, 5) is 3.24. The zero-order chi connectivity index (χ0) is 8.55. The van der Waals surface area contributed by atoms with Crippen molar-refractivity contribution in [2.24, 2.45) is 0 Å². The summed E-state index contributed by atoms with van der Waals surface area (Å²) in [5.74, 6) is 0. The largest absolute Gasteiger partial charge is 0.386 e. The quantitative estimate of drug-likeness (QED) is 0.659. The fraction of sp³-hybridized carbons (Fsp3) is 0.200. The first-order chi connectivity index (χ1) is 5.83. The Balaban J connectivity index is 2.80. The molecule has 0 amide bonds. The highest BCUT2D eigenvalue weighted by molar-refractivity contribution is 5.94. The summed E-state index contributed by atoms with van der Waals surface area (Å²) >= 11 is 0. The van der Waals surface area contributed by atoms with Crippen molar-refractivity contribution in [1.29, 1.82) is 0 Å². The summed E-state index contributed by atoms with van der Waals surface area (Å²) < 4.78 is 0. The van der Waals surface area contributed by atoms with Crippen molar-refractivity contribution in [3.8, 4) is 0 Å². The molecule has 0 spiro atoms. The molecule has 2 N–H and O–H groups in total. The lowest BCUT2D eigenvalue weighted by molar-refractivity contribution is 1.41. The van der Waals surface area contributed by atoms with Crippen LogP contribution < -0.4 is 5.32 Å². The number of aromatic amines is 1. The van der Waals surface area contributed by atoms with Gasteiger partial charge in [0.1, 0.15) is 0 Å². The van der Waals surface area contributed by atoms with Gasteiger partial charge in [0.05, 0.1) is 11.2 Å². The zero-order valence-corrected chi connectivity index (χ0v) is 7.31. The van der Waals surface area contributed by atoms with Gasteiger partial charge in [-0.2, -0.15) is 0 Å². The molecule has 2 heteroatoms. The minimum absolute atomic E-state index is 1.16. The van der Waals surface area contributed by atoms with E-state index in [1.807, 2.05) is 13.2 Å². The van der Waals surface area contributed by atoms with Gasteiger partial charge in [-0.05, 0) is 12.5 Å².